The summed E-state index contributed by atoms with van der Waals surface area (Å²) < 4.78 is 0. The molecule has 0 saturated heterocycles. The van der Waals surface area contributed by atoms with E-state index in [0.717, 1.165) is 28.0 Å². The van der Waals surface area contributed by atoms with E-state index in [2.05, 4.69) is 30.5 Å². The molecule has 25 heavy (non-hydrogen) atoms. The van der Waals surface area contributed by atoms with Gasteiger partial charge >= 0.3 is 0 Å². The maximum Gasteiger partial charge on any atom is 0.228 e. The van der Waals surface area contributed by atoms with Crippen LogP contribution in [0.1, 0.15) is 11.4 Å². The number of hydrogen-bond donors (Lipinski definition) is 3. The van der Waals surface area contributed by atoms with Crippen LogP contribution in [-0.4, -0.2) is 31.1 Å². The van der Waals surface area contributed by atoms with Gasteiger partial charge in [-0.2, -0.15) is 5.10 Å². The van der Waals surface area contributed by atoms with Crippen molar-refractivity contribution in [2.75, 3.05) is 5.32 Å². The summed E-state index contributed by atoms with van der Waals surface area (Å²) in [5.74, 6) is 1.27. The van der Waals surface area contributed by atoms with Gasteiger partial charge in [0, 0.05) is 29.0 Å². The quantitative estimate of drug-likeness (QED) is 0.535. The Labute approximate surface area is 143 Å². The molecule has 1 amide bonds. The van der Waals surface area contributed by atoms with Gasteiger partial charge in [0.05, 0.1) is 6.42 Å². The fraction of sp³-hybridized carbons (Fsp3) is 0.111. The maximum absolute atomic E-state index is 12.4. The van der Waals surface area contributed by atoms with Gasteiger partial charge in [0.2, 0.25) is 5.91 Å². The Morgan fingerprint density at radius 3 is 3.00 bits per heavy atom. The normalized spacial score (nSPS) is 10.9. The average molecular weight is 332 g/mol. The molecule has 1 aromatic carbocycles. The number of anilines is 1. The molecule has 0 fully saturated rings. The number of H-pyrrole nitrogens is 2. The Kier molecular flexibility index (Phi) is 3.74. The number of hydrogen-bond acceptors (Lipinski definition) is 4. The first-order chi connectivity index (χ1) is 12.2. The van der Waals surface area contributed by atoms with Crippen molar-refractivity contribution in [3.63, 3.8) is 0 Å². The second-order valence-corrected chi connectivity index (χ2v) is 5.76. The molecule has 124 valence electrons. The third-order valence-electron chi connectivity index (χ3n) is 3.89. The van der Waals surface area contributed by atoms with Crippen molar-refractivity contribution < 1.29 is 4.79 Å². The van der Waals surface area contributed by atoms with Gasteiger partial charge in [-0.25, -0.2) is 9.97 Å². The van der Waals surface area contributed by atoms with Crippen LogP contribution in [-0.2, 0) is 11.2 Å². The highest BCUT2D eigenvalue weighted by atomic mass is 16.1. The Morgan fingerprint density at radius 1 is 1.24 bits per heavy atom. The highest BCUT2D eigenvalue weighted by molar-refractivity contribution is 5.95. The number of nitrogens with one attached hydrogen (secondary N) is 3. The van der Waals surface area contributed by atoms with E-state index in [-0.39, 0.29) is 12.3 Å². The summed E-state index contributed by atoms with van der Waals surface area (Å²) in [4.78, 5) is 24.0. The number of amides is 1. The Hall–Kier alpha value is -3.48. The predicted molar refractivity (Wildman–Crippen MR) is 95.0 cm³/mol. The SMILES string of the molecule is Cc1nc(-c2cccc(NC(=O)Cc3c[nH]c4ncccc34)c2)n[nH]1. The summed E-state index contributed by atoms with van der Waals surface area (Å²) in [7, 11) is 0. The fourth-order valence-corrected chi connectivity index (χ4v) is 2.74. The first kappa shape index (κ1) is 15.1. The number of rotatable bonds is 4. The first-order valence-corrected chi connectivity index (χ1v) is 7.89. The third-order valence-corrected chi connectivity index (χ3v) is 3.89. The zero-order valence-corrected chi connectivity index (χ0v) is 13.6. The molecular formula is C18H16N6O. The summed E-state index contributed by atoms with van der Waals surface area (Å²) in [5, 5.41) is 10.8. The highest BCUT2D eigenvalue weighted by Gasteiger charge is 2.10. The van der Waals surface area contributed by atoms with Crippen molar-refractivity contribution in [2.24, 2.45) is 0 Å². The average Bonchev–Trinajstić information content (AvgIpc) is 3.22. The van der Waals surface area contributed by atoms with Gasteiger partial charge in [-0.05, 0) is 36.8 Å². The lowest BCUT2D eigenvalue weighted by molar-refractivity contribution is -0.115. The summed E-state index contributed by atoms with van der Waals surface area (Å²) in [6, 6.07) is 11.3. The lowest BCUT2D eigenvalue weighted by atomic mass is 10.1. The van der Waals surface area contributed by atoms with Gasteiger partial charge in [-0.15, -0.1) is 0 Å². The number of carbonyl (C=O) groups excluding carboxylic acids is 1. The Morgan fingerprint density at radius 2 is 2.16 bits per heavy atom. The second-order valence-electron chi connectivity index (χ2n) is 5.76. The van der Waals surface area contributed by atoms with Crippen molar-refractivity contribution in [2.45, 2.75) is 13.3 Å². The summed E-state index contributed by atoms with van der Waals surface area (Å²) in [5.41, 5.74) is 3.26. The standard InChI is InChI=1S/C18H16N6O/c1-11-21-17(24-23-11)12-4-2-5-14(8-12)22-16(25)9-13-10-20-18-15(13)6-3-7-19-18/h2-8,10H,9H2,1H3,(H,19,20)(H,22,25)(H,21,23,24). The van der Waals surface area contributed by atoms with Crippen molar-refractivity contribution in [3.05, 3.63) is 60.2 Å². The molecule has 4 rings (SSSR count). The summed E-state index contributed by atoms with van der Waals surface area (Å²) in [6.07, 6.45) is 3.82. The van der Waals surface area contributed by atoms with Crippen LogP contribution in [0.4, 0.5) is 5.69 Å². The first-order valence-electron chi connectivity index (χ1n) is 7.89. The Bertz CT molecular complexity index is 1050. The maximum atomic E-state index is 12.4. The molecule has 3 aromatic heterocycles. The summed E-state index contributed by atoms with van der Waals surface area (Å²) in [6.45, 7) is 1.85. The molecule has 0 bridgehead atoms. The molecule has 3 N–H and O–H groups in total. The number of aryl methyl sites for hydroxylation is 1. The number of benzene rings is 1. The van der Waals surface area contributed by atoms with Crippen molar-refractivity contribution in [3.8, 4) is 11.4 Å². The van der Waals surface area contributed by atoms with E-state index in [1.54, 1.807) is 6.20 Å². The van der Waals surface area contributed by atoms with Crippen LogP contribution < -0.4 is 5.32 Å². The van der Waals surface area contributed by atoms with Gasteiger partial charge in [-0.3, -0.25) is 9.89 Å². The third kappa shape index (κ3) is 3.12. The minimum atomic E-state index is -0.0897. The summed E-state index contributed by atoms with van der Waals surface area (Å²) >= 11 is 0. The monoisotopic (exact) mass is 332 g/mol. The van der Waals surface area contributed by atoms with Crippen LogP contribution in [0.25, 0.3) is 22.4 Å². The van der Waals surface area contributed by atoms with Crippen molar-refractivity contribution in [1.29, 1.82) is 0 Å². The lowest BCUT2D eigenvalue weighted by Gasteiger charge is -2.06. The van der Waals surface area contributed by atoms with E-state index < -0.39 is 0 Å². The van der Waals surface area contributed by atoms with E-state index >= 15 is 0 Å². The van der Waals surface area contributed by atoms with E-state index in [1.165, 1.54) is 0 Å². The number of carbonyl (C=O) groups is 1. The highest BCUT2D eigenvalue weighted by Crippen LogP contribution is 2.20. The largest absolute Gasteiger partial charge is 0.346 e. The van der Waals surface area contributed by atoms with Crippen LogP contribution in [0.15, 0.2) is 48.8 Å². The van der Waals surface area contributed by atoms with Gasteiger partial charge < -0.3 is 10.3 Å². The molecule has 0 spiro atoms. The zero-order valence-electron chi connectivity index (χ0n) is 13.6. The number of fused-ring (bicyclic) bond motifs is 1. The van der Waals surface area contributed by atoms with Crippen LogP contribution >= 0.6 is 0 Å². The molecular weight excluding hydrogens is 316 g/mol. The van der Waals surface area contributed by atoms with Gasteiger partial charge in [0.1, 0.15) is 11.5 Å². The van der Waals surface area contributed by atoms with Gasteiger partial charge in [0.25, 0.3) is 0 Å². The zero-order chi connectivity index (χ0) is 17.2. The van der Waals surface area contributed by atoms with Crippen LogP contribution in [0, 0.1) is 6.92 Å². The molecule has 0 unspecified atom stereocenters. The number of aromatic nitrogens is 5. The predicted octanol–water partition coefficient (Wildman–Crippen LogP) is 2.84. The second kappa shape index (κ2) is 6.20. The van der Waals surface area contributed by atoms with Gasteiger partial charge in [0.15, 0.2) is 5.82 Å². The van der Waals surface area contributed by atoms with E-state index in [0.29, 0.717) is 11.5 Å². The molecule has 0 radical (unpaired) electrons. The molecule has 4 aromatic rings. The molecule has 0 saturated carbocycles. The van der Waals surface area contributed by atoms with Crippen LogP contribution in [0.5, 0.6) is 0 Å². The number of pyridine rings is 1. The number of nitrogens with zero attached hydrogens (tertiary/aromatic N) is 3. The van der Waals surface area contributed by atoms with E-state index in [1.807, 2.05) is 49.5 Å². The molecule has 0 aliphatic heterocycles. The molecule has 7 heteroatoms. The topological polar surface area (TPSA) is 99.3 Å². The molecule has 7 nitrogen and oxygen atoms in total. The minimum absolute atomic E-state index is 0.0897. The van der Waals surface area contributed by atoms with Crippen molar-refractivity contribution in [1.82, 2.24) is 25.1 Å². The van der Waals surface area contributed by atoms with E-state index in [9.17, 15) is 4.79 Å². The molecule has 0 atom stereocenters. The lowest BCUT2D eigenvalue weighted by Crippen LogP contribution is -2.14. The smallest absolute Gasteiger partial charge is 0.228 e. The van der Waals surface area contributed by atoms with Crippen LogP contribution in [0.2, 0.25) is 0 Å². The minimum Gasteiger partial charge on any atom is -0.346 e. The van der Waals surface area contributed by atoms with E-state index in [4.69, 9.17) is 0 Å². The number of aromatic amines is 2. The van der Waals surface area contributed by atoms with Gasteiger partial charge in [-0.1, -0.05) is 12.1 Å². The van der Waals surface area contributed by atoms with Crippen LogP contribution in [0.3, 0.4) is 0 Å². The Balaban J connectivity index is 1.51. The molecule has 0 aliphatic rings. The fourth-order valence-electron chi connectivity index (χ4n) is 2.74. The molecule has 0 aliphatic carbocycles. The molecule has 3 heterocycles. The van der Waals surface area contributed by atoms with Crippen molar-refractivity contribution >= 4 is 22.6 Å².